The lowest BCUT2D eigenvalue weighted by Crippen LogP contribution is -2.22. The summed E-state index contributed by atoms with van der Waals surface area (Å²) < 4.78 is 1.69. The summed E-state index contributed by atoms with van der Waals surface area (Å²) in [7, 11) is 0. The number of rotatable bonds is 4. The zero-order valence-electron chi connectivity index (χ0n) is 16.2. The minimum absolute atomic E-state index is 0.0846. The summed E-state index contributed by atoms with van der Waals surface area (Å²) in [5.41, 5.74) is 5.15. The molecule has 1 heterocycles. The number of para-hydroxylation sites is 1. The Bertz CT molecular complexity index is 1320. The maximum atomic E-state index is 13.4. The second-order valence-corrected chi connectivity index (χ2v) is 7.84. The molecule has 0 fully saturated rings. The Hall–Kier alpha value is -3.36. The molecule has 0 spiro atoms. The molecule has 0 N–H and O–H groups in total. The molecule has 0 bridgehead atoms. The number of aryl methyl sites for hydroxylation is 2. The van der Waals surface area contributed by atoms with Crippen molar-refractivity contribution in [1.29, 1.82) is 5.26 Å². The van der Waals surface area contributed by atoms with E-state index in [0.717, 1.165) is 22.4 Å². The SMILES string of the molecule is Cc1ccc(-n2c(SCc3ccccc3C#N)nc3ccccc3c2=O)c(C)c1. The van der Waals surface area contributed by atoms with Crippen molar-refractivity contribution in [2.24, 2.45) is 0 Å². The monoisotopic (exact) mass is 397 g/mol. The van der Waals surface area contributed by atoms with Gasteiger partial charge in [0.1, 0.15) is 0 Å². The molecule has 0 radical (unpaired) electrons. The van der Waals surface area contributed by atoms with E-state index in [1.54, 1.807) is 10.6 Å². The average molecular weight is 398 g/mol. The van der Waals surface area contributed by atoms with Crippen molar-refractivity contribution in [2.45, 2.75) is 24.8 Å². The summed E-state index contributed by atoms with van der Waals surface area (Å²) >= 11 is 1.47. The van der Waals surface area contributed by atoms with Crippen molar-refractivity contribution in [3.05, 3.63) is 99.3 Å². The van der Waals surface area contributed by atoms with Crippen LogP contribution < -0.4 is 5.56 Å². The molecule has 0 aliphatic rings. The van der Waals surface area contributed by atoms with Crippen LogP contribution in [0, 0.1) is 25.2 Å². The number of hydrogen-bond donors (Lipinski definition) is 0. The summed E-state index contributed by atoms with van der Waals surface area (Å²) in [6.07, 6.45) is 0. The Morgan fingerprint density at radius 2 is 1.79 bits per heavy atom. The Morgan fingerprint density at radius 3 is 2.59 bits per heavy atom. The van der Waals surface area contributed by atoms with Crippen LogP contribution in [0.5, 0.6) is 0 Å². The lowest BCUT2D eigenvalue weighted by molar-refractivity contribution is 0.814. The van der Waals surface area contributed by atoms with E-state index in [1.807, 2.05) is 68.4 Å². The summed E-state index contributed by atoms with van der Waals surface area (Å²) in [5, 5.41) is 10.6. The van der Waals surface area contributed by atoms with Crippen LogP contribution in [0.1, 0.15) is 22.3 Å². The quantitative estimate of drug-likeness (QED) is 0.352. The van der Waals surface area contributed by atoms with Crippen LogP contribution in [0.2, 0.25) is 0 Å². The standard InChI is InChI=1S/C24H19N3OS/c1-16-11-12-22(17(2)13-16)27-23(28)20-9-5-6-10-21(20)26-24(27)29-15-19-8-4-3-7-18(19)14-25/h3-13H,15H2,1-2H3. The molecule has 3 aromatic carbocycles. The van der Waals surface area contributed by atoms with Gasteiger partial charge in [0.15, 0.2) is 5.16 Å². The first-order chi connectivity index (χ1) is 14.1. The molecule has 0 aliphatic carbocycles. The van der Waals surface area contributed by atoms with Crippen LogP contribution >= 0.6 is 11.8 Å². The van der Waals surface area contributed by atoms with Crippen LogP contribution in [0.4, 0.5) is 0 Å². The van der Waals surface area contributed by atoms with E-state index in [0.29, 0.717) is 27.4 Å². The van der Waals surface area contributed by atoms with Gasteiger partial charge in [-0.2, -0.15) is 5.26 Å². The highest BCUT2D eigenvalue weighted by Gasteiger charge is 2.15. The van der Waals surface area contributed by atoms with Crippen LogP contribution in [0.25, 0.3) is 16.6 Å². The van der Waals surface area contributed by atoms with Gasteiger partial charge in [-0.1, -0.05) is 59.8 Å². The molecule has 4 aromatic rings. The van der Waals surface area contributed by atoms with Crippen LogP contribution in [0.3, 0.4) is 0 Å². The van der Waals surface area contributed by atoms with E-state index in [-0.39, 0.29) is 5.56 Å². The molecular weight excluding hydrogens is 378 g/mol. The molecule has 1 aromatic heterocycles. The number of hydrogen-bond acceptors (Lipinski definition) is 4. The van der Waals surface area contributed by atoms with Gasteiger partial charge in [-0.25, -0.2) is 4.98 Å². The third-order valence-electron chi connectivity index (χ3n) is 4.83. The fourth-order valence-corrected chi connectivity index (χ4v) is 4.39. The van der Waals surface area contributed by atoms with Crippen LogP contribution in [0.15, 0.2) is 76.7 Å². The summed E-state index contributed by atoms with van der Waals surface area (Å²) in [4.78, 5) is 18.2. The van der Waals surface area contributed by atoms with E-state index in [1.165, 1.54) is 11.8 Å². The van der Waals surface area contributed by atoms with E-state index in [9.17, 15) is 10.1 Å². The highest BCUT2D eigenvalue weighted by atomic mass is 32.2. The summed E-state index contributed by atoms with van der Waals surface area (Å²) in [6.45, 7) is 4.04. The van der Waals surface area contributed by atoms with Gasteiger partial charge in [-0.15, -0.1) is 0 Å². The van der Waals surface area contributed by atoms with Gasteiger partial charge >= 0.3 is 0 Å². The number of nitrogens with zero attached hydrogens (tertiary/aromatic N) is 3. The predicted octanol–water partition coefficient (Wildman–Crippen LogP) is 5.17. The van der Waals surface area contributed by atoms with Crippen molar-refractivity contribution in [3.8, 4) is 11.8 Å². The molecule has 142 valence electrons. The van der Waals surface area contributed by atoms with Gasteiger partial charge in [-0.05, 0) is 49.2 Å². The number of fused-ring (bicyclic) bond motifs is 1. The topological polar surface area (TPSA) is 58.7 Å². The molecular formula is C24H19N3OS. The number of aromatic nitrogens is 2. The first-order valence-corrected chi connectivity index (χ1v) is 10.3. The average Bonchev–Trinajstić information content (AvgIpc) is 2.73. The minimum atomic E-state index is -0.0846. The Morgan fingerprint density at radius 1 is 1.03 bits per heavy atom. The van der Waals surface area contributed by atoms with Crippen molar-refractivity contribution in [3.63, 3.8) is 0 Å². The fourth-order valence-electron chi connectivity index (χ4n) is 3.38. The molecule has 0 aliphatic heterocycles. The van der Waals surface area contributed by atoms with Gasteiger partial charge in [0, 0.05) is 5.75 Å². The van der Waals surface area contributed by atoms with Crippen LogP contribution in [-0.2, 0) is 5.75 Å². The van der Waals surface area contributed by atoms with E-state index >= 15 is 0 Å². The Kier molecular flexibility index (Phi) is 5.20. The van der Waals surface area contributed by atoms with E-state index < -0.39 is 0 Å². The Balaban J connectivity index is 1.88. The van der Waals surface area contributed by atoms with E-state index in [2.05, 4.69) is 12.1 Å². The molecule has 0 unspecified atom stereocenters. The molecule has 0 saturated heterocycles. The first kappa shape index (κ1) is 19.0. The maximum Gasteiger partial charge on any atom is 0.266 e. The lowest BCUT2D eigenvalue weighted by atomic mass is 10.1. The van der Waals surface area contributed by atoms with Gasteiger partial charge < -0.3 is 0 Å². The number of benzene rings is 3. The lowest BCUT2D eigenvalue weighted by Gasteiger charge is -2.16. The zero-order valence-corrected chi connectivity index (χ0v) is 17.0. The van der Waals surface area contributed by atoms with E-state index in [4.69, 9.17) is 4.98 Å². The third-order valence-corrected chi connectivity index (χ3v) is 5.82. The van der Waals surface area contributed by atoms with Gasteiger partial charge in [0.2, 0.25) is 0 Å². The maximum absolute atomic E-state index is 13.4. The second kappa shape index (κ2) is 7.94. The molecule has 4 rings (SSSR count). The fraction of sp³-hybridized carbons (Fsp3) is 0.125. The normalized spacial score (nSPS) is 10.8. The van der Waals surface area contributed by atoms with Crippen molar-refractivity contribution in [2.75, 3.05) is 0 Å². The second-order valence-electron chi connectivity index (χ2n) is 6.90. The largest absolute Gasteiger partial charge is 0.268 e. The molecule has 4 nitrogen and oxygen atoms in total. The molecule has 0 amide bonds. The van der Waals surface area contributed by atoms with Crippen molar-refractivity contribution >= 4 is 22.7 Å². The smallest absolute Gasteiger partial charge is 0.266 e. The molecule has 0 atom stereocenters. The summed E-state index contributed by atoms with van der Waals surface area (Å²) in [5.74, 6) is 0.555. The first-order valence-electron chi connectivity index (χ1n) is 9.28. The van der Waals surface area contributed by atoms with Gasteiger partial charge in [0.25, 0.3) is 5.56 Å². The summed E-state index contributed by atoms with van der Waals surface area (Å²) in [6, 6.07) is 23.2. The third kappa shape index (κ3) is 3.67. The number of nitriles is 1. The van der Waals surface area contributed by atoms with Gasteiger partial charge in [0.05, 0.1) is 28.2 Å². The molecule has 0 saturated carbocycles. The highest BCUT2D eigenvalue weighted by molar-refractivity contribution is 7.98. The van der Waals surface area contributed by atoms with Crippen LogP contribution in [-0.4, -0.2) is 9.55 Å². The Labute approximate surface area is 173 Å². The highest BCUT2D eigenvalue weighted by Crippen LogP contribution is 2.27. The molecule has 5 heteroatoms. The number of thioether (sulfide) groups is 1. The zero-order chi connectivity index (χ0) is 20.4. The molecule has 29 heavy (non-hydrogen) atoms. The van der Waals surface area contributed by atoms with Gasteiger partial charge in [-0.3, -0.25) is 9.36 Å². The minimum Gasteiger partial charge on any atom is -0.268 e. The predicted molar refractivity (Wildman–Crippen MR) is 118 cm³/mol. The van der Waals surface area contributed by atoms with Crippen molar-refractivity contribution < 1.29 is 0 Å². The van der Waals surface area contributed by atoms with Crippen molar-refractivity contribution in [1.82, 2.24) is 9.55 Å².